The van der Waals surface area contributed by atoms with Crippen LogP contribution in [0.5, 0.6) is 0 Å². The van der Waals surface area contributed by atoms with Crippen molar-refractivity contribution in [1.29, 1.82) is 0 Å². The molecule has 0 radical (unpaired) electrons. The molecule has 0 saturated carbocycles. The first kappa shape index (κ1) is 33.7. The van der Waals surface area contributed by atoms with Crippen molar-refractivity contribution >= 4 is 76.8 Å². The van der Waals surface area contributed by atoms with Crippen molar-refractivity contribution in [2.45, 2.75) is 25.2 Å². The van der Waals surface area contributed by atoms with Gasteiger partial charge in [-0.2, -0.15) is 0 Å². The summed E-state index contributed by atoms with van der Waals surface area (Å²) in [5.41, 5.74) is 15.8. The number of furan rings is 2. The van der Waals surface area contributed by atoms with Gasteiger partial charge in [0.25, 0.3) is 0 Å². The molecule has 1 aliphatic carbocycles. The molecule has 3 nitrogen and oxygen atoms in total. The maximum Gasteiger partial charge on any atom is 0.136 e. The monoisotopic (exact) mass is 757 g/mol. The molecule has 280 valence electrons. The fourth-order valence-electron chi connectivity index (χ4n) is 9.74. The van der Waals surface area contributed by atoms with E-state index < -0.39 is 0 Å². The standard InChI is InChI=1S/C56H39NO2/c1-3-14-36(15-4-1)37-16-11-17-38(39-28-30-47-46-21-8-10-26-51(46)59-54(47)35-39)33-41(32-37)43-22-13-27-53-55(43)49-34-40(29-31-52(49)58-53)44-23-12-24-48-45-20-7-9-25-50(45)57(56(44)48)42-18-5-2-6-19-42/h1-10,12-15,18-35,38H,11,16-17H2/b37-32+,41-33+. The molecular formula is C56H39NO2. The molecule has 0 spiro atoms. The molecule has 3 heterocycles. The van der Waals surface area contributed by atoms with Gasteiger partial charge in [0.2, 0.25) is 0 Å². The number of rotatable bonds is 5. The van der Waals surface area contributed by atoms with Crippen molar-refractivity contribution in [3.05, 3.63) is 211 Å². The van der Waals surface area contributed by atoms with E-state index in [4.69, 9.17) is 8.83 Å². The SMILES string of the molecule is C1=C(/c2ccccc2)CCCC(c2ccc3c(c2)oc2ccccc23)\C=C/1c1cccc2oc3ccc(-c4cccc5c6ccccc6n(-c6ccccc6)c45)cc3c12. The summed E-state index contributed by atoms with van der Waals surface area (Å²) >= 11 is 0. The highest BCUT2D eigenvalue weighted by Crippen LogP contribution is 2.44. The fourth-order valence-corrected chi connectivity index (χ4v) is 9.74. The van der Waals surface area contributed by atoms with Crippen molar-refractivity contribution < 1.29 is 8.83 Å². The minimum Gasteiger partial charge on any atom is -0.456 e. The molecule has 11 aromatic rings. The van der Waals surface area contributed by atoms with Gasteiger partial charge in [-0.05, 0) is 101 Å². The Labute approximate surface area is 341 Å². The number of benzene rings is 8. The predicted octanol–water partition coefficient (Wildman–Crippen LogP) is 15.7. The van der Waals surface area contributed by atoms with Crippen molar-refractivity contribution in [3.8, 4) is 16.8 Å². The molecule has 0 saturated heterocycles. The van der Waals surface area contributed by atoms with E-state index in [-0.39, 0.29) is 5.92 Å². The predicted molar refractivity (Wildman–Crippen MR) is 246 cm³/mol. The van der Waals surface area contributed by atoms with Crippen LogP contribution in [-0.4, -0.2) is 4.57 Å². The molecule has 59 heavy (non-hydrogen) atoms. The van der Waals surface area contributed by atoms with Crippen LogP contribution in [0.25, 0.3) is 93.6 Å². The summed E-state index contributed by atoms with van der Waals surface area (Å²) in [4.78, 5) is 0. The van der Waals surface area contributed by atoms with Gasteiger partial charge in [0, 0.05) is 49.5 Å². The van der Waals surface area contributed by atoms with Gasteiger partial charge in [-0.15, -0.1) is 0 Å². The maximum absolute atomic E-state index is 6.69. The summed E-state index contributed by atoms with van der Waals surface area (Å²) in [5, 5.41) is 7.07. The third kappa shape index (κ3) is 5.57. The van der Waals surface area contributed by atoms with Crippen LogP contribution in [-0.2, 0) is 0 Å². The van der Waals surface area contributed by atoms with Crippen LogP contribution in [0.15, 0.2) is 203 Å². The topological polar surface area (TPSA) is 31.2 Å². The molecule has 0 aliphatic heterocycles. The van der Waals surface area contributed by atoms with Gasteiger partial charge in [-0.25, -0.2) is 0 Å². The van der Waals surface area contributed by atoms with Gasteiger partial charge in [-0.3, -0.25) is 0 Å². The lowest BCUT2D eigenvalue weighted by atomic mass is 9.83. The van der Waals surface area contributed by atoms with Crippen molar-refractivity contribution in [3.63, 3.8) is 0 Å². The molecule has 0 fully saturated rings. The van der Waals surface area contributed by atoms with E-state index in [9.17, 15) is 0 Å². The Morgan fingerprint density at radius 3 is 2.07 bits per heavy atom. The van der Waals surface area contributed by atoms with Gasteiger partial charge in [0.1, 0.15) is 22.3 Å². The molecular weight excluding hydrogens is 719 g/mol. The summed E-state index contributed by atoms with van der Waals surface area (Å²) < 4.78 is 15.5. The molecule has 1 unspecified atom stereocenters. The Morgan fingerprint density at radius 2 is 1.17 bits per heavy atom. The van der Waals surface area contributed by atoms with E-state index in [1.54, 1.807) is 0 Å². The van der Waals surface area contributed by atoms with E-state index >= 15 is 0 Å². The summed E-state index contributed by atoms with van der Waals surface area (Å²) in [6, 6.07) is 65.5. The minimum atomic E-state index is 0.206. The van der Waals surface area contributed by atoms with Gasteiger partial charge in [0.05, 0.1) is 11.0 Å². The Hall–Kier alpha value is -7.36. The van der Waals surface area contributed by atoms with E-state index in [1.807, 2.05) is 6.07 Å². The van der Waals surface area contributed by atoms with Crippen LogP contribution in [0.3, 0.4) is 0 Å². The zero-order valence-electron chi connectivity index (χ0n) is 32.4. The molecule has 3 aromatic heterocycles. The van der Waals surface area contributed by atoms with Crippen molar-refractivity contribution in [2.75, 3.05) is 0 Å². The highest BCUT2D eigenvalue weighted by Gasteiger charge is 2.22. The summed E-state index contributed by atoms with van der Waals surface area (Å²) in [6.45, 7) is 0. The third-order valence-electron chi connectivity index (χ3n) is 12.5. The summed E-state index contributed by atoms with van der Waals surface area (Å²) in [7, 11) is 0. The number of hydrogen-bond donors (Lipinski definition) is 0. The average molecular weight is 758 g/mol. The van der Waals surface area contributed by atoms with Gasteiger partial charge in [-0.1, -0.05) is 146 Å². The van der Waals surface area contributed by atoms with Crippen LogP contribution in [0.1, 0.15) is 41.9 Å². The Kier molecular flexibility index (Phi) is 7.80. The van der Waals surface area contributed by atoms with Crippen LogP contribution in [0.4, 0.5) is 0 Å². The summed E-state index contributed by atoms with van der Waals surface area (Å²) in [6.07, 6.45) is 8.06. The molecule has 1 atom stereocenters. The number of aromatic nitrogens is 1. The smallest absolute Gasteiger partial charge is 0.136 e. The van der Waals surface area contributed by atoms with Crippen LogP contribution in [0.2, 0.25) is 0 Å². The lowest BCUT2D eigenvalue weighted by molar-refractivity contribution is 0.662. The van der Waals surface area contributed by atoms with E-state index in [0.29, 0.717) is 0 Å². The number of nitrogens with zero attached hydrogens (tertiary/aromatic N) is 1. The van der Waals surface area contributed by atoms with Crippen molar-refractivity contribution in [1.82, 2.24) is 4.57 Å². The molecule has 12 rings (SSSR count). The molecule has 8 aromatic carbocycles. The average Bonchev–Trinajstić information content (AvgIpc) is 3.96. The Bertz CT molecular complexity index is 3470. The van der Waals surface area contributed by atoms with Crippen LogP contribution < -0.4 is 0 Å². The second-order valence-electron chi connectivity index (χ2n) is 15.9. The summed E-state index contributed by atoms with van der Waals surface area (Å²) in [5.74, 6) is 0.206. The number of fused-ring (bicyclic) bond motifs is 9. The quantitative estimate of drug-likeness (QED) is 0.175. The lowest BCUT2D eigenvalue weighted by Crippen LogP contribution is -2.01. The third-order valence-corrected chi connectivity index (χ3v) is 12.5. The molecule has 0 N–H and O–H groups in total. The first-order chi connectivity index (χ1) is 29.2. The Balaban J connectivity index is 1.07. The van der Waals surface area contributed by atoms with E-state index in [0.717, 1.165) is 74.4 Å². The van der Waals surface area contributed by atoms with Crippen LogP contribution in [0, 0.1) is 0 Å². The highest BCUT2D eigenvalue weighted by atomic mass is 16.3. The number of hydrogen-bond acceptors (Lipinski definition) is 2. The normalized spacial score (nSPS) is 16.7. The first-order valence-corrected chi connectivity index (χ1v) is 20.7. The zero-order valence-corrected chi connectivity index (χ0v) is 32.4. The van der Waals surface area contributed by atoms with E-state index in [2.05, 4.69) is 193 Å². The zero-order chi connectivity index (χ0) is 38.9. The lowest BCUT2D eigenvalue weighted by Gasteiger charge is -2.21. The number of para-hydroxylation sites is 4. The molecule has 0 amide bonds. The first-order valence-electron chi connectivity index (χ1n) is 20.7. The number of allylic oxidation sites excluding steroid dienone is 4. The van der Waals surface area contributed by atoms with Crippen molar-refractivity contribution in [2.24, 2.45) is 0 Å². The Morgan fingerprint density at radius 1 is 0.475 bits per heavy atom. The molecule has 3 heteroatoms. The maximum atomic E-state index is 6.69. The molecule has 1 aliphatic rings. The van der Waals surface area contributed by atoms with Gasteiger partial charge < -0.3 is 13.4 Å². The molecule has 0 bridgehead atoms. The largest absolute Gasteiger partial charge is 0.456 e. The van der Waals surface area contributed by atoms with Gasteiger partial charge >= 0.3 is 0 Å². The van der Waals surface area contributed by atoms with Gasteiger partial charge in [0.15, 0.2) is 0 Å². The minimum absolute atomic E-state index is 0.206. The highest BCUT2D eigenvalue weighted by molar-refractivity contribution is 6.16. The van der Waals surface area contributed by atoms with E-state index in [1.165, 1.54) is 55.2 Å². The fraction of sp³-hybridized carbons (Fsp3) is 0.0714. The van der Waals surface area contributed by atoms with Crippen LogP contribution >= 0.6 is 0 Å². The second-order valence-corrected chi connectivity index (χ2v) is 15.9. The second kappa shape index (κ2) is 13.6.